The molecular weight excluding hydrogens is 258 g/mol. The maximum atomic E-state index is 5.97. The first-order valence-corrected chi connectivity index (χ1v) is 7.14. The summed E-state index contributed by atoms with van der Waals surface area (Å²) in [5.74, 6) is 0. The van der Waals surface area contributed by atoms with Gasteiger partial charge in [0.05, 0.1) is 0 Å². The maximum Gasteiger partial charge on any atom is 0.197 e. The molecule has 0 bridgehead atoms. The van der Waals surface area contributed by atoms with E-state index >= 15 is 0 Å². The standard InChI is InChI=1S/C13H19N5S/c1-4-11(14)6-10-5-9(2)12(15-7-10)19-13-17-16-8-18(13)3/h5,7-8,11H,4,6,14H2,1-3H3. The number of aryl methyl sites for hydroxylation is 2. The lowest BCUT2D eigenvalue weighted by Gasteiger charge is -2.10. The van der Waals surface area contributed by atoms with Crippen molar-refractivity contribution >= 4 is 11.8 Å². The lowest BCUT2D eigenvalue weighted by Crippen LogP contribution is -2.21. The minimum absolute atomic E-state index is 0.207. The Morgan fingerprint density at radius 2 is 2.26 bits per heavy atom. The van der Waals surface area contributed by atoms with Crippen LogP contribution in [0.3, 0.4) is 0 Å². The fourth-order valence-electron chi connectivity index (χ4n) is 1.74. The van der Waals surface area contributed by atoms with Crippen molar-refractivity contribution in [1.82, 2.24) is 19.7 Å². The summed E-state index contributed by atoms with van der Waals surface area (Å²) in [6.07, 6.45) is 5.45. The Morgan fingerprint density at radius 3 is 2.84 bits per heavy atom. The van der Waals surface area contributed by atoms with Gasteiger partial charge in [-0.15, -0.1) is 10.2 Å². The lowest BCUT2D eigenvalue weighted by molar-refractivity contribution is 0.644. The molecule has 0 amide bonds. The third-order valence-electron chi connectivity index (χ3n) is 2.97. The summed E-state index contributed by atoms with van der Waals surface area (Å²) in [6.45, 7) is 4.16. The summed E-state index contributed by atoms with van der Waals surface area (Å²) in [4.78, 5) is 4.51. The second-order valence-corrected chi connectivity index (χ2v) is 5.62. The molecule has 0 aromatic carbocycles. The normalized spacial score (nSPS) is 12.6. The monoisotopic (exact) mass is 277 g/mol. The van der Waals surface area contributed by atoms with Crippen LogP contribution >= 0.6 is 11.8 Å². The molecule has 2 rings (SSSR count). The van der Waals surface area contributed by atoms with Crippen LogP contribution < -0.4 is 5.73 Å². The maximum absolute atomic E-state index is 5.97. The second-order valence-electron chi connectivity index (χ2n) is 4.66. The van der Waals surface area contributed by atoms with Gasteiger partial charge < -0.3 is 10.3 Å². The Bertz CT molecular complexity index is 552. The molecule has 2 aromatic rings. The van der Waals surface area contributed by atoms with E-state index in [2.05, 4.69) is 35.1 Å². The molecule has 2 N–H and O–H groups in total. The molecule has 102 valence electrons. The smallest absolute Gasteiger partial charge is 0.197 e. The van der Waals surface area contributed by atoms with E-state index in [-0.39, 0.29) is 6.04 Å². The highest BCUT2D eigenvalue weighted by molar-refractivity contribution is 7.99. The van der Waals surface area contributed by atoms with Crippen LogP contribution in [-0.2, 0) is 13.5 Å². The zero-order valence-electron chi connectivity index (χ0n) is 11.5. The number of pyridine rings is 1. The molecule has 1 atom stereocenters. The molecule has 0 aliphatic carbocycles. The Kier molecular flexibility index (Phi) is 4.55. The van der Waals surface area contributed by atoms with Crippen molar-refractivity contribution in [2.24, 2.45) is 12.8 Å². The van der Waals surface area contributed by atoms with E-state index in [0.717, 1.165) is 28.6 Å². The Morgan fingerprint density at radius 1 is 1.47 bits per heavy atom. The molecule has 2 heterocycles. The fraction of sp³-hybridized carbons (Fsp3) is 0.462. The second kappa shape index (κ2) is 6.16. The molecule has 0 saturated carbocycles. The van der Waals surface area contributed by atoms with Gasteiger partial charge in [0, 0.05) is 19.3 Å². The van der Waals surface area contributed by atoms with Gasteiger partial charge in [0.15, 0.2) is 5.16 Å². The predicted molar refractivity (Wildman–Crippen MR) is 76.1 cm³/mol. The van der Waals surface area contributed by atoms with E-state index in [9.17, 15) is 0 Å². The minimum atomic E-state index is 0.207. The summed E-state index contributed by atoms with van der Waals surface area (Å²) >= 11 is 1.53. The molecule has 6 heteroatoms. The van der Waals surface area contributed by atoms with Crippen LogP contribution in [0.25, 0.3) is 0 Å². The molecule has 5 nitrogen and oxygen atoms in total. The number of aromatic nitrogens is 4. The quantitative estimate of drug-likeness (QED) is 0.904. The van der Waals surface area contributed by atoms with Gasteiger partial charge in [0.1, 0.15) is 11.4 Å². The van der Waals surface area contributed by atoms with E-state index in [0.29, 0.717) is 0 Å². The molecule has 0 fully saturated rings. The first-order chi connectivity index (χ1) is 9.10. The van der Waals surface area contributed by atoms with Gasteiger partial charge in [-0.05, 0) is 42.7 Å². The van der Waals surface area contributed by atoms with E-state index in [1.54, 1.807) is 6.33 Å². The lowest BCUT2D eigenvalue weighted by atomic mass is 10.1. The highest BCUT2D eigenvalue weighted by atomic mass is 32.2. The Labute approximate surface area is 117 Å². The highest BCUT2D eigenvalue weighted by Gasteiger charge is 2.09. The average molecular weight is 277 g/mol. The first-order valence-electron chi connectivity index (χ1n) is 6.33. The summed E-state index contributed by atoms with van der Waals surface area (Å²) in [7, 11) is 1.92. The van der Waals surface area contributed by atoms with Crippen molar-refractivity contribution < 1.29 is 0 Å². The van der Waals surface area contributed by atoms with Gasteiger partial charge in [-0.3, -0.25) is 0 Å². The van der Waals surface area contributed by atoms with Crippen molar-refractivity contribution in [3.8, 4) is 0 Å². The fourth-order valence-corrected chi connectivity index (χ4v) is 2.51. The molecule has 0 aliphatic rings. The summed E-state index contributed by atoms with van der Waals surface area (Å²) < 4.78 is 1.88. The van der Waals surface area contributed by atoms with Crippen LogP contribution in [-0.4, -0.2) is 25.8 Å². The van der Waals surface area contributed by atoms with Gasteiger partial charge in [0.25, 0.3) is 0 Å². The average Bonchev–Trinajstić information content (AvgIpc) is 2.78. The molecule has 19 heavy (non-hydrogen) atoms. The first kappa shape index (κ1) is 14.0. The van der Waals surface area contributed by atoms with Crippen molar-refractivity contribution in [3.05, 3.63) is 29.7 Å². The Hall–Kier alpha value is -1.40. The minimum Gasteiger partial charge on any atom is -0.327 e. The molecule has 0 saturated heterocycles. The van der Waals surface area contributed by atoms with E-state index in [1.807, 2.05) is 17.8 Å². The van der Waals surface area contributed by atoms with Crippen LogP contribution in [0.15, 0.2) is 28.8 Å². The van der Waals surface area contributed by atoms with Crippen molar-refractivity contribution in [2.75, 3.05) is 0 Å². The van der Waals surface area contributed by atoms with Crippen LogP contribution in [0, 0.1) is 6.92 Å². The van der Waals surface area contributed by atoms with Crippen LogP contribution in [0.5, 0.6) is 0 Å². The summed E-state index contributed by atoms with van der Waals surface area (Å²) in [6, 6.07) is 2.36. The summed E-state index contributed by atoms with van der Waals surface area (Å²) in [5, 5.41) is 9.72. The molecular formula is C13H19N5S. The van der Waals surface area contributed by atoms with Crippen LogP contribution in [0.4, 0.5) is 0 Å². The SMILES string of the molecule is CCC(N)Cc1cnc(Sc2nncn2C)c(C)c1. The van der Waals surface area contributed by atoms with Crippen molar-refractivity contribution in [1.29, 1.82) is 0 Å². The largest absolute Gasteiger partial charge is 0.327 e. The molecule has 0 spiro atoms. The van der Waals surface area contributed by atoms with Crippen molar-refractivity contribution in [2.45, 2.75) is 42.9 Å². The summed E-state index contributed by atoms with van der Waals surface area (Å²) in [5.41, 5.74) is 8.30. The van der Waals surface area contributed by atoms with E-state index in [4.69, 9.17) is 5.73 Å². The van der Waals surface area contributed by atoms with E-state index in [1.165, 1.54) is 17.3 Å². The highest BCUT2D eigenvalue weighted by Crippen LogP contribution is 2.26. The molecule has 2 aromatic heterocycles. The van der Waals surface area contributed by atoms with Gasteiger partial charge in [-0.2, -0.15) is 0 Å². The third-order valence-corrected chi connectivity index (χ3v) is 4.14. The molecule has 0 aliphatic heterocycles. The number of hydrogen-bond donors (Lipinski definition) is 1. The topological polar surface area (TPSA) is 69.6 Å². The van der Waals surface area contributed by atoms with Gasteiger partial charge >= 0.3 is 0 Å². The van der Waals surface area contributed by atoms with Gasteiger partial charge in [0.2, 0.25) is 0 Å². The van der Waals surface area contributed by atoms with Gasteiger partial charge in [-0.25, -0.2) is 4.98 Å². The number of hydrogen-bond acceptors (Lipinski definition) is 5. The van der Waals surface area contributed by atoms with Crippen LogP contribution in [0.1, 0.15) is 24.5 Å². The number of rotatable bonds is 5. The van der Waals surface area contributed by atoms with Crippen molar-refractivity contribution in [3.63, 3.8) is 0 Å². The van der Waals surface area contributed by atoms with Gasteiger partial charge in [-0.1, -0.05) is 13.0 Å². The van der Waals surface area contributed by atoms with Crippen LogP contribution in [0.2, 0.25) is 0 Å². The predicted octanol–water partition coefficient (Wildman–Crippen LogP) is 1.95. The number of nitrogens with two attached hydrogens (primary N) is 1. The zero-order valence-corrected chi connectivity index (χ0v) is 12.3. The zero-order chi connectivity index (χ0) is 13.8. The molecule has 0 radical (unpaired) electrons. The molecule has 1 unspecified atom stereocenters. The van der Waals surface area contributed by atoms with E-state index < -0.39 is 0 Å². The Balaban J connectivity index is 2.13. The third kappa shape index (κ3) is 3.54. The number of nitrogens with zero attached hydrogens (tertiary/aromatic N) is 4.